The van der Waals surface area contributed by atoms with Crippen LogP contribution >= 0.6 is 11.6 Å². The molecule has 1 amide bonds. The van der Waals surface area contributed by atoms with E-state index < -0.39 is 14.2 Å². The van der Waals surface area contributed by atoms with Crippen molar-refractivity contribution in [1.29, 1.82) is 0 Å². The fourth-order valence-electron chi connectivity index (χ4n) is 6.59. The number of carbonyl (C=O) groups is 1. The van der Waals surface area contributed by atoms with Crippen molar-refractivity contribution in [2.45, 2.75) is 69.8 Å². The molecule has 3 atom stereocenters. The van der Waals surface area contributed by atoms with Crippen molar-refractivity contribution >= 4 is 53.7 Å². The second kappa shape index (κ2) is 10.4. The van der Waals surface area contributed by atoms with Crippen molar-refractivity contribution in [3.05, 3.63) is 39.9 Å². The molecule has 0 spiro atoms. The molecule has 5 heterocycles. The van der Waals surface area contributed by atoms with Crippen LogP contribution in [0.15, 0.2) is 29.3 Å². The van der Waals surface area contributed by atoms with Gasteiger partial charge in [0.1, 0.15) is 6.73 Å². The summed E-state index contributed by atoms with van der Waals surface area (Å²) in [6.07, 6.45) is 5.36. The van der Waals surface area contributed by atoms with E-state index in [9.17, 15) is 14.7 Å². The first kappa shape index (κ1) is 28.8. The van der Waals surface area contributed by atoms with Gasteiger partial charge in [-0.05, 0) is 31.4 Å². The van der Waals surface area contributed by atoms with Gasteiger partial charge in [-0.25, -0.2) is 4.79 Å². The van der Waals surface area contributed by atoms with E-state index in [2.05, 4.69) is 29.6 Å². The average Bonchev–Trinajstić information content (AvgIpc) is 3.69. The highest BCUT2D eigenvalue weighted by Crippen LogP contribution is 2.43. The molecule has 2 aliphatic rings. The molecule has 2 saturated heterocycles. The van der Waals surface area contributed by atoms with Crippen molar-refractivity contribution in [2.75, 3.05) is 18.6 Å². The monoisotopic (exact) mass is 611 g/mol. The van der Waals surface area contributed by atoms with Crippen LogP contribution in [0.5, 0.6) is 0 Å². The SMILES string of the molecule is CN(C(=O)O)[C@H]1C[C@H]2CC[C@@H]1N2c1nc2c(c(-c3ccc4nn(C)cc4c3Cl)cn2COCC[Si](C)(C)C)c(=O)n1C. The zero-order valence-corrected chi connectivity index (χ0v) is 26.7. The second-order valence-electron chi connectivity index (χ2n) is 12.9. The number of benzene rings is 1. The maximum absolute atomic E-state index is 14.2. The molecule has 2 fully saturated rings. The standard InChI is InChI=1S/C29H38ClN7O4Si/c1-33-14-20-21(32-33)9-8-18(25(20)30)19-15-36(16-41-11-12-42(4,5)6)26-24(19)27(38)35(3)28(31-26)37-17-7-10-22(37)23(13-17)34(2)29(39)40/h8-9,14-15,17,22-23H,7,10-13,16H2,1-6H3,(H,39,40)/t17-,22+,23+/m1/s1. The number of halogens is 1. The largest absolute Gasteiger partial charge is 0.465 e. The average molecular weight is 612 g/mol. The summed E-state index contributed by atoms with van der Waals surface area (Å²) < 4.78 is 11.4. The minimum atomic E-state index is -1.28. The highest BCUT2D eigenvalue weighted by atomic mass is 35.5. The van der Waals surface area contributed by atoms with Crippen molar-refractivity contribution in [3.63, 3.8) is 0 Å². The third-order valence-corrected chi connectivity index (χ3v) is 11.0. The van der Waals surface area contributed by atoms with Crippen molar-refractivity contribution in [3.8, 4) is 11.1 Å². The minimum absolute atomic E-state index is 0.0371. The van der Waals surface area contributed by atoms with Crippen LogP contribution in [0.4, 0.5) is 10.7 Å². The minimum Gasteiger partial charge on any atom is -0.465 e. The van der Waals surface area contributed by atoms with E-state index in [1.165, 1.54) is 4.90 Å². The lowest BCUT2D eigenvalue weighted by Gasteiger charge is -2.30. The number of ether oxygens (including phenoxy) is 1. The Morgan fingerprint density at radius 1 is 1.19 bits per heavy atom. The van der Waals surface area contributed by atoms with Gasteiger partial charge in [-0.1, -0.05) is 37.3 Å². The van der Waals surface area contributed by atoms with Gasteiger partial charge in [0.25, 0.3) is 5.56 Å². The van der Waals surface area contributed by atoms with Crippen LogP contribution in [0.3, 0.4) is 0 Å². The van der Waals surface area contributed by atoms with E-state index >= 15 is 0 Å². The number of likely N-dealkylation sites (N-methyl/N-ethyl adjacent to an activating group) is 1. The normalized spacial score (nSPS) is 20.4. The third-order valence-electron chi connectivity index (χ3n) is 8.86. The van der Waals surface area contributed by atoms with Crippen LogP contribution in [0.25, 0.3) is 33.1 Å². The molecular weight excluding hydrogens is 574 g/mol. The van der Waals surface area contributed by atoms with Crippen LogP contribution in [0.2, 0.25) is 30.7 Å². The summed E-state index contributed by atoms with van der Waals surface area (Å²) in [5, 5.41) is 16.0. The molecule has 0 saturated carbocycles. The molecular formula is C29H38ClN7O4Si. The maximum Gasteiger partial charge on any atom is 0.407 e. The zero-order chi connectivity index (χ0) is 30.1. The van der Waals surface area contributed by atoms with E-state index in [4.69, 9.17) is 21.3 Å². The molecule has 11 nitrogen and oxygen atoms in total. The third kappa shape index (κ3) is 4.79. The first-order valence-electron chi connectivity index (χ1n) is 14.4. The van der Waals surface area contributed by atoms with E-state index in [1.807, 2.05) is 36.1 Å². The molecule has 1 aromatic carbocycles. The van der Waals surface area contributed by atoms with E-state index in [1.54, 1.807) is 23.3 Å². The quantitative estimate of drug-likeness (QED) is 0.221. The summed E-state index contributed by atoms with van der Waals surface area (Å²) in [5.41, 5.74) is 2.57. The lowest BCUT2D eigenvalue weighted by molar-refractivity contribution is 0.0899. The first-order chi connectivity index (χ1) is 19.9. The van der Waals surface area contributed by atoms with Crippen LogP contribution < -0.4 is 10.5 Å². The van der Waals surface area contributed by atoms with Crippen molar-refractivity contribution in [2.24, 2.45) is 14.1 Å². The number of anilines is 1. The van der Waals surface area contributed by atoms with Crippen LogP contribution in [-0.2, 0) is 25.6 Å². The smallest absolute Gasteiger partial charge is 0.407 e. The van der Waals surface area contributed by atoms with Crippen LogP contribution in [0, 0.1) is 0 Å². The first-order valence-corrected chi connectivity index (χ1v) is 18.5. The number of fused-ring (bicyclic) bond motifs is 4. The Morgan fingerprint density at radius 2 is 1.95 bits per heavy atom. The lowest BCUT2D eigenvalue weighted by Crippen LogP contribution is -2.45. The van der Waals surface area contributed by atoms with Gasteiger partial charge < -0.3 is 24.2 Å². The Bertz CT molecular complexity index is 1760. The van der Waals surface area contributed by atoms with Gasteiger partial charge in [-0.3, -0.25) is 14.0 Å². The number of nitrogens with zero attached hydrogens (tertiary/aromatic N) is 7. The fourth-order valence-corrected chi connectivity index (χ4v) is 7.66. The summed E-state index contributed by atoms with van der Waals surface area (Å²) in [5.74, 6) is 0.558. The van der Waals surface area contributed by atoms with Gasteiger partial charge in [0.05, 0.1) is 28.0 Å². The summed E-state index contributed by atoms with van der Waals surface area (Å²) in [6, 6.07) is 4.78. The zero-order valence-electron chi connectivity index (χ0n) is 25.0. The number of amides is 1. The van der Waals surface area contributed by atoms with E-state index in [-0.39, 0.29) is 30.4 Å². The molecule has 4 aromatic rings. The molecule has 42 heavy (non-hydrogen) atoms. The van der Waals surface area contributed by atoms with Gasteiger partial charge in [0.15, 0.2) is 5.65 Å². The van der Waals surface area contributed by atoms with Crippen LogP contribution in [-0.4, -0.2) is 79.9 Å². The molecule has 2 aliphatic heterocycles. The Hall–Kier alpha value is -3.35. The van der Waals surface area contributed by atoms with Crippen molar-refractivity contribution in [1.82, 2.24) is 28.8 Å². The van der Waals surface area contributed by atoms with E-state index in [0.29, 0.717) is 40.6 Å². The number of rotatable bonds is 8. The summed E-state index contributed by atoms with van der Waals surface area (Å²) in [7, 11) is 3.94. The van der Waals surface area contributed by atoms with E-state index in [0.717, 1.165) is 35.4 Å². The van der Waals surface area contributed by atoms with Gasteiger partial charge >= 0.3 is 6.09 Å². The highest BCUT2D eigenvalue weighted by molar-refractivity contribution is 6.76. The topological polar surface area (TPSA) is 111 Å². The number of aromatic nitrogens is 5. The number of carboxylic acid groups (broad SMARTS) is 1. The molecule has 224 valence electrons. The summed E-state index contributed by atoms with van der Waals surface area (Å²) in [4.78, 5) is 34.7. The van der Waals surface area contributed by atoms with Gasteiger partial charge in [0, 0.05) is 70.8 Å². The molecule has 3 aromatic heterocycles. The van der Waals surface area contributed by atoms with Gasteiger partial charge in [-0.2, -0.15) is 10.1 Å². The van der Waals surface area contributed by atoms with Crippen molar-refractivity contribution < 1.29 is 14.6 Å². The predicted octanol–water partition coefficient (Wildman–Crippen LogP) is 4.97. The number of hydrogen-bond donors (Lipinski definition) is 1. The second-order valence-corrected chi connectivity index (χ2v) is 18.9. The molecule has 0 radical (unpaired) electrons. The molecule has 0 aliphatic carbocycles. The Morgan fingerprint density at radius 3 is 2.67 bits per heavy atom. The molecule has 1 N–H and O–H groups in total. The summed E-state index contributed by atoms with van der Waals surface area (Å²) >= 11 is 6.94. The molecule has 6 rings (SSSR count). The molecule has 0 unspecified atom stereocenters. The highest BCUT2D eigenvalue weighted by Gasteiger charge is 2.50. The van der Waals surface area contributed by atoms with Gasteiger partial charge in [-0.15, -0.1) is 0 Å². The Balaban J connectivity index is 1.48. The lowest BCUT2D eigenvalue weighted by atomic mass is 9.95. The number of hydrogen-bond acceptors (Lipinski definition) is 6. The Kier molecular flexibility index (Phi) is 7.14. The van der Waals surface area contributed by atoms with Gasteiger partial charge in [0.2, 0.25) is 5.95 Å². The predicted molar refractivity (Wildman–Crippen MR) is 167 cm³/mol. The molecule has 13 heteroatoms. The number of aryl methyl sites for hydroxylation is 1. The maximum atomic E-state index is 14.2. The summed E-state index contributed by atoms with van der Waals surface area (Å²) in [6.45, 7) is 7.82. The molecule has 2 bridgehead atoms. The Labute approximate surface area is 250 Å². The van der Waals surface area contributed by atoms with Crippen LogP contribution in [0.1, 0.15) is 19.3 Å². The fraction of sp³-hybridized carbons (Fsp3) is 0.517.